The molecule has 128 valence electrons. The number of benzene rings is 2. The smallest absolute Gasteiger partial charge is 0.142 e. The Morgan fingerprint density at radius 3 is 2.46 bits per heavy atom. The molecule has 0 unspecified atom stereocenters. The van der Waals surface area contributed by atoms with Gasteiger partial charge in [-0.2, -0.15) is 0 Å². The van der Waals surface area contributed by atoms with Gasteiger partial charge in [0, 0.05) is 24.0 Å². The highest BCUT2D eigenvalue weighted by Gasteiger charge is 2.40. The Labute approximate surface area is 150 Å². The van der Waals surface area contributed by atoms with E-state index in [1.54, 1.807) is 18.2 Å². The standard InChI is InChI=1S/C18H18Cl2FNO2/c19-13-4-2-12(3-5-13)14-9-22(17(10-23)18(14)24)8-11-1-6-15(20)16(21)7-11/h1-7,14,17-18,23-24H,8-10H2/t14-,17-,18-/m1/s1. The first-order valence-corrected chi connectivity index (χ1v) is 8.47. The summed E-state index contributed by atoms with van der Waals surface area (Å²) in [5.74, 6) is -0.597. The van der Waals surface area contributed by atoms with Crippen molar-refractivity contribution in [3.05, 3.63) is 69.5 Å². The highest BCUT2D eigenvalue weighted by molar-refractivity contribution is 6.30. The van der Waals surface area contributed by atoms with Crippen LogP contribution in [0.15, 0.2) is 42.5 Å². The number of hydrogen-bond acceptors (Lipinski definition) is 3. The van der Waals surface area contributed by atoms with E-state index in [1.807, 2.05) is 17.0 Å². The second kappa shape index (κ2) is 7.38. The minimum atomic E-state index is -0.701. The molecule has 2 N–H and O–H groups in total. The third-order valence-electron chi connectivity index (χ3n) is 4.56. The molecule has 0 radical (unpaired) electrons. The molecule has 24 heavy (non-hydrogen) atoms. The van der Waals surface area contributed by atoms with E-state index >= 15 is 0 Å². The van der Waals surface area contributed by atoms with Crippen molar-refractivity contribution in [1.82, 2.24) is 4.90 Å². The molecule has 0 bridgehead atoms. The highest BCUT2D eigenvalue weighted by Crippen LogP contribution is 2.34. The van der Waals surface area contributed by atoms with Gasteiger partial charge in [-0.15, -0.1) is 0 Å². The van der Waals surface area contributed by atoms with Gasteiger partial charge in [-0.3, -0.25) is 4.90 Å². The molecule has 3 rings (SSSR count). The highest BCUT2D eigenvalue weighted by atomic mass is 35.5. The average Bonchev–Trinajstić information content (AvgIpc) is 2.87. The number of aliphatic hydroxyl groups excluding tert-OH is 2. The fraction of sp³-hybridized carbons (Fsp3) is 0.333. The molecule has 1 fully saturated rings. The Hall–Kier alpha value is -1.17. The lowest BCUT2D eigenvalue weighted by molar-refractivity contribution is 0.0641. The van der Waals surface area contributed by atoms with Crippen molar-refractivity contribution in [1.29, 1.82) is 0 Å². The summed E-state index contributed by atoms with van der Waals surface area (Å²) in [5.41, 5.74) is 1.72. The summed E-state index contributed by atoms with van der Waals surface area (Å²) in [7, 11) is 0. The van der Waals surface area contributed by atoms with E-state index in [0.29, 0.717) is 18.1 Å². The van der Waals surface area contributed by atoms with Gasteiger partial charge in [-0.1, -0.05) is 41.4 Å². The first-order valence-electron chi connectivity index (χ1n) is 7.72. The van der Waals surface area contributed by atoms with Crippen molar-refractivity contribution < 1.29 is 14.6 Å². The van der Waals surface area contributed by atoms with Gasteiger partial charge in [0.25, 0.3) is 0 Å². The van der Waals surface area contributed by atoms with Gasteiger partial charge in [0.2, 0.25) is 0 Å². The maximum atomic E-state index is 13.6. The Kier molecular flexibility index (Phi) is 5.42. The number of likely N-dealkylation sites (tertiary alicyclic amines) is 1. The molecule has 1 aliphatic rings. The summed E-state index contributed by atoms with van der Waals surface area (Å²) in [6.45, 7) is 0.833. The van der Waals surface area contributed by atoms with Crippen molar-refractivity contribution in [3.8, 4) is 0 Å². The number of nitrogens with zero attached hydrogens (tertiary/aromatic N) is 1. The molecule has 3 atom stereocenters. The van der Waals surface area contributed by atoms with E-state index < -0.39 is 18.0 Å². The van der Waals surface area contributed by atoms with Crippen LogP contribution in [0.5, 0.6) is 0 Å². The molecule has 0 aromatic heterocycles. The van der Waals surface area contributed by atoms with Crippen LogP contribution in [0.3, 0.4) is 0 Å². The van der Waals surface area contributed by atoms with Crippen LogP contribution in [0.25, 0.3) is 0 Å². The second-order valence-electron chi connectivity index (χ2n) is 6.08. The SMILES string of the molecule is OC[C@@H]1[C@H](O)[C@@H](c2ccc(Cl)cc2)CN1Cc1ccc(Cl)c(F)c1. The maximum absolute atomic E-state index is 13.6. The summed E-state index contributed by atoms with van der Waals surface area (Å²) >= 11 is 11.6. The van der Waals surface area contributed by atoms with Crippen LogP contribution in [0.4, 0.5) is 4.39 Å². The fourth-order valence-electron chi connectivity index (χ4n) is 3.27. The van der Waals surface area contributed by atoms with E-state index in [9.17, 15) is 14.6 Å². The summed E-state index contributed by atoms with van der Waals surface area (Å²) in [6, 6.07) is 11.6. The summed E-state index contributed by atoms with van der Waals surface area (Å²) in [4.78, 5) is 1.96. The van der Waals surface area contributed by atoms with E-state index in [4.69, 9.17) is 23.2 Å². The normalized spacial score (nSPS) is 24.5. The zero-order valence-electron chi connectivity index (χ0n) is 12.9. The molecule has 6 heteroatoms. The van der Waals surface area contributed by atoms with Crippen LogP contribution < -0.4 is 0 Å². The van der Waals surface area contributed by atoms with Crippen LogP contribution in [0.2, 0.25) is 10.0 Å². The van der Waals surface area contributed by atoms with E-state index in [0.717, 1.165) is 11.1 Å². The second-order valence-corrected chi connectivity index (χ2v) is 6.92. The Morgan fingerprint density at radius 2 is 1.83 bits per heavy atom. The Balaban J connectivity index is 1.80. The van der Waals surface area contributed by atoms with Crippen molar-refractivity contribution >= 4 is 23.2 Å². The molecule has 0 spiro atoms. The van der Waals surface area contributed by atoms with Crippen molar-refractivity contribution in [2.24, 2.45) is 0 Å². The van der Waals surface area contributed by atoms with E-state index in [1.165, 1.54) is 12.1 Å². The van der Waals surface area contributed by atoms with Gasteiger partial charge < -0.3 is 10.2 Å². The predicted molar refractivity (Wildman–Crippen MR) is 92.9 cm³/mol. The first-order chi connectivity index (χ1) is 11.5. The molecule has 0 amide bonds. The molecule has 2 aromatic rings. The topological polar surface area (TPSA) is 43.7 Å². The van der Waals surface area contributed by atoms with Gasteiger partial charge in [-0.05, 0) is 35.4 Å². The molecule has 1 heterocycles. The van der Waals surface area contributed by atoms with Crippen molar-refractivity contribution in [2.45, 2.75) is 24.6 Å². The minimum Gasteiger partial charge on any atom is -0.395 e. The van der Waals surface area contributed by atoms with Gasteiger partial charge in [0.15, 0.2) is 0 Å². The lowest BCUT2D eigenvalue weighted by Crippen LogP contribution is -2.38. The van der Waals surface area contributed by atoms with Gasteiger partial charge in [0.1, 0.15) is 5.82 Å². The molecule has 3 nitrogen and oxygen atoms in total. The molecule has 0 saturated carbocycles. The molecular weight excluding hydrogens is 352 g/mol. The van der Waals surface area contributed by atoms with Crippen LogP contribution >= 0.6 is 23.2 Å². The summed E-state index contributed by atoms with van der Waals surface area (Å²) < 4.78 is 13.6. The van der Waals surface area contributed by atoms with Crippen LogP contribution in [0, 0.1) is 5.82 Å². The fourth-order valence-corrected chi connectivity index (χ4v) is 3.51. The van der Waals surface area contributed by atoms with Crippen LogP contribution in [0.1, 0.15) is 17.0 Å². The molecule has 2 aromatic carbocycles. The largest absolute Gasteiger partial charge is 0.395 e. The summed E-state index contributed by atoms with van der Waals surface area (Å²) in [6.07, 6.45) is -0.701. The zero-order chi connectivity index (χ0) is 17.3. The first kappa shape index (κ1) is 17.6. The molecule has 1 aliphatic heterocycles. The molecular formula is C18H18Cl2FNO2. The number of halogens is 3. The third-order valence-corrected chi connectivity index (χ3v) is 5.12. The predicted octanol–water partition coefficient (Wildman–Crippen LogP) is 3.45. The van der Waals surface area contributed by atoms with Crippen LogP contribution in [-0.2, 0) is 6.54 Å². The quantitative estimate of drug-likeness (QED) is 0.867. The zero-order valence-corrected chi connectivity index (χ0v) is 14.4. The Bertz CT molecular complexity index is 711. The average molecular weight is 370 g/mol. The van der Waals surface area contributed by atoms with Crippen molar-refractivity contribution in [2.75, 3.05) is 13.2 Å². The van der Waals surface area contributed by atoms with E-state index in [-0.39, 0.29) is 17.5 Å². The number of hydrogen-bond donors (Lipinski definition) is 2. The molecule has 0 aliphatic carbocycles. The lowest BCUT2D eigenvalue weighted by atomic mass is 9.94. The monoisotopic (exact) mass is 369 g/mol. The van der Waals surface area contributed by atoms with Gasteiger partial charge in [-0.25, -0.2) is 4.39 Å². The van der Waals surface area contributed by atoms with Crippen LogP contribution in [-0.4, -0.2) is 40.4 Å². The van der Waals surface area contributed by atoms with Gasteiger partial charge in [0.05, 0.1) is 23.8 Å². The minimum absolute atomic E-state index is 0.0814. The van der Waals surface area contributed by atoms with E-state index in [2.05, 4.69) is 0 Å². The van der Waals surface area contributed by atoms with Gasteiger partial charge >= 0.3 is 0 Å². The number of rotatable bonds is 4. The summed E-state index contributed by atoms with van der Waals surface area (Å²) in [5, 5.41) is 21.0. The third kappa shape index (κ3) is 3.58. The molecule has 1 saturated heterocycles. The number of aliphatic hydroxyl groups is 2. The lowest BCUT2D eigenvalue weighted by Gasteiger charge is -2.24. The maximum Gasteiger partial charge on any atom is 0.142 e. The Morgan fingerprint density at radius 1 is 1.12 bits per heavy atom. The van der Waals surface area contributed by atoms with Crippen molar-refractivity contribution in [3.63, 3.8) is 0 Å².